The number of halogens is 1. The van der Waals surface area contributed by atoms with Crippen molar-refractivity contribution in [2.24, 2.45) is 0 Å². The molecule has 32 valence electrons. The molecule has 0 aliphatic heterocycles. The molecule has 0 saturated heterocycles. The SMILES string of the molecule is Brc1ncno1. The zero-order chi connectivity index (χ0) is 4.41. The quantitative estimate of drug-likeness (QED) is 0.548. The van der Waals surface area contributed by atoms with Crippen LogP contribution in [-0.2, 0) is 0 Å². The van der Waals surface area contributed by atoms with Crippen molar-refractivity contribution in [1.29, 1.82) is 0 Å². The number of nitrogens with zero attached hydrogens (tertiary/aromatic N) is 2. The highest BCUT2D eigenvalue weighted by molar-refractivity contribution is 9.10. The van der Waals surface area contributed by atoms with E-state index in [1.165, 1.54) is 6.33 Å². The van der Waals surface area contributed by atoms with E-state index in [0.717, 1.165) is 0 Å². The monoisotopic (exact) mass is 148 g/mol. The fraction of sp³-hybridized carbons (Fsp3) is 0. The first-order valence-corrected chi connectivity index (χ1v) is 2.11. The molecule has 0 spiro atoms. The lowest BCUT2D eigenvalue weighted by molar-refractivity contribution is 0.395. The first-order chi connectivity index (χ1) is 2.89. The van der Waals surface area contributed by atoms with E-state index < -0.39 is 0 Å². The fourth-order valence-electron chi connectivity index (χ4n) is 0.160. The van der Waals surface area contributed by atoms with Gasteiger partial charge in [-0.25, -0.2) is 0 Å². The van der Waals surface area contributed by atoms with Gasteiger partial charge in [0.1, 0.15) is 0 Å². The third-order valence-corrected chi connectivity index (χ3v) is 0.684. The van der Waals surface area contributed by atoms with Gasteiger partial charge in [-0.1, -0.05) is 5.16 Å². The Balaban J connectivity index is 3.05. The van der Waals surface area contributed by atoms with Crippen molar-refractivity contribution in [1.82, 2.24) is 10.1 Å². The zero-order valence-corrected chi connectivity index (χ0v) is 4.34. The molecule has 0 atom stereocenters. The van der Waals surface area contributed by atoms with Crippen molar-refractivity contribution in [3.63, 3.8) is 0 Å². The van der Waals surface area contributed by atoms with Crippen molar-refractivity contribution in [3.8, 4) is 0 Å². The van der Waals surface area contributed by atoms with Gasteiger partial charge in [0.15, 0.2) is 6.33 Å². The molecule has 0 aromatic carbocycles. The van der Waals surface area contributed by atoms with Crippen molar-refractivity contribution < 1.29 is 4.52 Å². The van der Waals surface area contributed by atoms with Gasteiger partial charge in [-0.15, -0.1) is 0 Å². The van der Waals surface area contributed by atoms with Crippen LogP contribution in [0.1, 0.15) is 0 Å². The van der Waals surface area contributed by atoms with Crippen LogP contribution in [0.15, 0.2) is 15.7 Å². The molecule has 0 bridgehead atoms. The third kappa shape index (κ3) is 0.567. The molecule has 4 heteroatoms. The highest BCUT2D eigenvalue weighted by Crippen LogP contribution is 1.98. The van der Waals surface area contributed by atoms with Crippen LogP contribution < -0.4 is 0 Å². The summed E-state index contributed by atoms with van der Waals surface area (Å²) in [5.74, 6) is 0. The minimum Gasteiger partial charge on any atom is -0.327 e. The maximum absolute atomic E-state index is 4.39. The summed E-state index contributed by atoms with van der Waals surface area (Å²) in [6.07, 6.45) is 1.32. The summed E-state index contributed by atoms with van der Waals surface area (Å²) < 4.78 is 4.39. The molecule has 0 aliphatic carbocycles. The topological polar surface area (TPSA) is 38.9 Å². The highest BCUT2D eigenvalue weighted by Gasteiger charge is 1.82. The molecule has 0 N–H and O–H groups in total. The van der Waals surface area contributed by atoms with Crippen LogP contribution in [-0.4, -0.2) is 10.1 Å². The van der Waals surface area contributed by atoms with Gasteiger partial charge < -0.3 is 4.52 Å². The largest absolute Gasteiger partial charge is 0.327 e. The van der Waals surface area contributed by atoms with Gasteiger partial charge in [0.25, 0.3) is 4.80 Å². The van der Waals surface area contributed by atoms with Crippen LogP contribution in [0.25, 0.3) is 0 Å². The lowest BCUT2D eigenvalue weighted by Gasteiger charge is -1.60. The van der Waals surface area contributed by atoms with E-state index in [0.29, 0.717) is 4.80 Å². The normalized spacial score (nSPS) is 8.83. The Kier molecular flexibility index (Phi) is 0.874. The van der Waals surface area contributed by atoms with E-state index in [1.54, 1.807) is 0 Å². The van der Waals surface area contributed by atoms with E-state index in [4.69, 9.17) is 0 Å². The Morgan fingerprint density at radius 3 is 2.83 bits per heavy atom. The highest BCUT2D eigenvalue weighted by atomic mass is 79.9. The summed E-state index contributed by atoms with van der Waals surface area (Å²) in [7, 11) is 0. The molecular formula is C2HBrN2O. The third-order valence-electron chi connectivity index (χ3n) is 0.334. The molecule has 6 heavy (non-hydrogen) atoms. The van der Waals surface area contributed by atoms with Crippen LogP contribution in [0.4, 0.5) is 0 Å². The van der Waals surface area contributed by atoms with Crippen LogP contribution in [0.2, 0.25) is 0 Å². The Labute approximate surface area is 42.5 Å². The van der Waals surface area contributed by atoms with E-state index in [1.807, 2.05) is 0 Å². The number of hydrogen-bond donors (Lipinski definition) is 0. The molecule has 1 heterocycles. The Morgan fingerprint density at radius 2 is 2.67 bits per heavy atom. The Bertz CT molecular complexity index is 115. The van der Waals surface area contributed by atoms with Crippen molar-refractivity contribution in [2.75, 3.05) is 0 Å². The second-order valence-corrected chi connectivity index (χ2v) is 1.37. The zero-order valence-electron chi connectivity index (χ0n) is 2.76. The van der Waals surface area contributed by atoms with Gasteiger partial charge in [0.2, 0.25) is 0 Å². The van der Waals surface area contributed by atoms with Gasteiger partial charge in [-0.3, -0.25) is 0 Å². The van der Waals surface area contributed by atoms with Crippen molar-refractivity contribution >= 4 is 15.9 Å². The Morgan fingerprint density at radius 1 is 1.83 bits per heavy atom. The van der Waals surface area contributed by atoms with E-state index in [2.05, 4.69) is 30.6 Å². The first kappa shape index (κ1) is 3.80. The fourth-order valence-corrected chi connectivity index (χ4v) is 0.335. The molecule has 0 aliphatic rings. The number of rotatable bonds is 0. The summed E-state index contributed by atoms with van der Waals surface area (Å²) >= 11 is 2.94. The second-order valence-electron chi connectivity index (χ2n) is 0.694. The molecule has 0 amide bonds. The van der Waals surface area contributed by atoms with Crippen molar-refractivity contribution in [2.45, 2.75) is 0 Å². The van der Waals surface area contributed by atoms with Crippen LogP contribution in [0.3, 0.4) is 0 Å². The second kappa shape index (κ2) is 1.38. The number of aromatic nitrogens is 2. The molecule has 0 saturated carbocycles. The summed E-state index contributed by atoms with van der Waals surface area (Å²) in [6.45, 7) is 0. The first-order valence-electron chi connectivity index (χ1n) is 1.32. The van der Waals surface area contributed by atoms with Gasteiger partial charge in [0, 0.05) is 15.9 Å². The molecule has 0 unspecified atom stereocenters. The maximum atomic E-state index is 4.39. The predicted molar refractivity (Wildman–Crippen MR) is 22.0 cm³/mol. The van der Waals surface area contributed by atoms with Gasteiger partial charge in [-0.2, -0.15) is 4.98 Å². The average Bonchev–Trinajstić information content (AvgIpc) is 1.86. The van der Waals surface area contributed by atoms with E-state index in [-0.39, 0.29) is 0 Å². The molecular weight excluding hydrogens is 148 g/mol. The van der Waals surface area contributed by atoms with E-state index >= 15 is 0 Å². The smallest absolute Gasteiger partial charge is 0.293 e. The van der Waals surface area contributed by atoms with Crippen LogP contribution in [0, 0.1) is 0 Å². The summed E-state index contributed by atoms with van der Waals surface area (Å²) in [5, 5.41) is 3.29. The lowest BCUT2D eigenvalue weighted by atomic mass is 11.3. The van der Waals surface area contributed by atoms with Gasteiger partial charge in [-0.05, 0) is 0 Å². The minimum absolute atomic E-state index is 0.419. The average molecular weight is 149 g/mol. The molecule has 1 rings (SSSR count). The van der Waals surface area contributed by atoms with Crippen LogP contribution >= 0.6 is 15.9 Å². The van der Waals surface area contributed by atoms with Crippen molar-refractivity contribution in [3.05, 3.63) is 11.1 Å². The van der Waals surface area contributed by atoms with E-state index in [9.17, 15) is 0 Å². The maximum Gasteiger partial charge on any atom is 0.293 e. The molecule has 1 aromatic rings. The standard InChI is InChI=1S/C2HBrN2O/c3-2-4-1-5-6-2/h1H. The number of hydrogen-bond acceptors (Lipinski definition) is 3. The van der Waals surface area contributed by atoms with Gasteiger partial charge in [0.05, 0.1) is 0 Å². The Hall–Kier alpha value is -0.380. The summed E-state index contributed by atoms with van der Waals surface area (Å²) in [5.41, 5.74) is 0. The predicted octanol–water partition coefficient (Wildman–Crippen LogP) is 0.832. The van der Waals surface area contributed by atoms with Gasteiger partial charge >= 0.3 is 0 Å². The molecule has 0 radical (unpaired) electrons. The molecule has 0 fully saturated rings. The minimum atomic E-state index is 0.419. The summed E-state index contributed by atoms with van der Waals surface area (Å²) in [6, 6.07) is 0. The molecule has 3 nitrogen and oxygen atoms in total. The van der Waals surface area contributed by atoms with Crippen LogP contribution in [0.5, 0.6) is 0 Å². The molecule has 1 aromatic heterocycles. The lowest BCUT2D eigenvalue weighted by Crippen LogP contribution is -1.50. The summed E-state index contributed by atoms with van der Waals surface area (Å²) in [4.78, 5) is 3.97.